The van der Waals surface area contributed by atoms with Crippen LogP contribution in [0.1, 0.15) is 42.3 Å². The van der Waals surface area contributed by atoms with Crippen LogP contribution < -0.4 is 4.74 Å². The van der Waals surface area contributed by atoms with E-state index in [1.54, 1.807) is 11.1 Å². The van der Waals surface area contributed by atoms with Gasteiger partial charge in [-0.1, -0.05) is 49.4 Å². The third-order valence-electron chi connectivity index (χ3n) is 5.69. The lowest BCUT2D eigenvalue weighted by molar-refractivity contribution is 0.0325. The first-order valence-corrected chi connectivity index (χ1v) is 10.9. The van der Waals surface area contributed by atoms with Gasteiger partial charge in [0.25, 0.3) is 5.91 Å². The summed E-state index contributed by atoms with van der Waals surface area (Å²) < 4.78 is 6.34. The van der Waals surface area contributed by atoms with Gasteiger partial charge in [0, 0.05) is 31.7 Å². The minimum Gasteiger partial charge on any atom is -0.472 e. The van der Waals surface area contributed by atoms with Crippen LogP contribution in [0, 0.1) is 5.92 Å². The van der Waals surface area contributed by atoms with Crippen molar-refractivity contribution in [1.29, 1.82) is 0 Å². The van der Waals surface area contributed by atoms with Crippen molar-refractivity contribution in [2.24, 2.45) is 5.92 Å². The van der Waals surface area contributed by atoms with Crippen LogP contribution in [0.5, 0.6) is 5.88 Å². The summed E-state index contributed by atoms with van der Waals surface area (Å²) in [5.74, 6) is 0.276. The minimum absolute atomic E-state index is 0.0707. The van der Waals surface area contributed by atoms with Crippen molar-refractivity contribution in [3.63, 3.8) is 0 Å². The number of rotatable bonds is 7. The molecule has 1 aliphatic rings. The number of fused-ring (bicyclic) bond motifs is 1. The number of aliphatic hydroxyl groups excluding tert-OH is 1. The Labute approximate surface area is 185 Å². The molecule has 166 valence electrons. The molecule has 0 fully saturated rings. The van der Waals surface area contributed by atoms with Gasteiger partial charge in [-0.05, 0) is 38.1 Å². The second-order valence-corrected chi connectivity index (χ2v) is 8.43. The number of pyridine rings is 1. The zero-order valence-electron chi connectivity index (χ0n) is 18.9. The molecule has 1 aliphatic heterocycles. The van der Waals surface area contributed by atoms with E-state index >= 15 is 0 Å². The first-order valence-electron chi connectivity index (χ1n) is 10.9. The molecule has 0 saturated carbocycles. The van der Waals surface area contributed by atoms with E-state index in [0.29, 0.717) is 24.5 Å². The third kappa shape index (κ3) is 5.71. The zero-order chi connectivity index (χ0) is 22.4. The minimum atomic E-state index is -0.283. The summed E-state index contributed by atoms with van der Waals surface area (Å²) in [5.41, 5.74) is 2.53. The predicted octanol–water partition coefficient (Wildman–Crippen LogP) is 3.47. The molecular formula is C25H33N3O3. The second-order valence-electron chi connectivity index (χ2n) is 8.43. The zero-order valence-corrected chi connectivity index (χ0v) is 18.9. The quantitative estimate of drug-likeness (QED) is 0.739. The molecule has 0 bridgehead atoms. The van der Waals surface area contributed by atoms with Crippen molar-refractivity contribution in [2.75, 3.05) is 26.7 Å². The maximum Gasteiger partial charge on any atom is 0.259 e. The van der Waals surface area contributed by atoms with Crippen LogP contribution >= 0.6 is 0 Å². The van der Waals surface area contributed by atoms with E-state index in [0.717, 1.165) is 12.1 Å². The molecule has 3 atom stereocenters. The lowest BCUT2D eigenvalue weighted by Crippen LogP contribution is -2.49. The van der Waals surface area contributed by atoms with Crippen molar-refractivity contribution >= 4 is 12.0 Å². The van der Waals surface area contributed by atoms with Crippen LogP contribution in [0.2, 0.25) is 0 Å². The molecular weight excluding hydrogens is 390 g/mol. The van der Waals surface area contributed by atoms with Gasteiger partial charge in [-0.15, -0.1) is 0 Å². The van der Waals surface area contributed by atoms with Crippen LogP contribution in [0.25, 0.3) is 6.08 Å². The van der Waals surface area contributed by atoms with E-state index in [4.69, 9.17) is 4.74 Å². The van der Waals surface area contributed by atoms with Gasteiger partial charge in [0.15, 0.2) is 0 Å². The first kappa shape index (κ1) is 23.0. The molecule has 6 heteroatoms. The lowest BCUT2D eigenvalue weighted by atomic mass is 9.99. The van der Waals surface area contributed by atoms with Crippen LogP contribution in [-0.2, 0) is 6.54 Å². The largest absolute Gasteiger partial charge is 0.472 e. The van der Waals surface area contributed by atoms with Crippen molar-refractivity contribution in [3.05, 3.63) is 65.4 Å². The smallest absolute Gasteiger partial charge is 0.259 e. The van der Waals surface area contributed by atoms with Gasteiger partial charge in [-0.25, -0.2) is 4.98 Å². The summed E-state index contributed by atoms with van der Waals surface area (Å²) in [7, 11) is 2.07. The fourth-order valence-corrected chi connectivity index (χ4v) is 3.89. The lowest BCUT2D eigenvalue weighted by Gasteiger charge is -2.37. The van der Waals surface area contributed by atoms with Gasteiger partial charge in [-0.3, -0.25) is 9.69 Å². The molecule has 6 nitrogen and oxygen atoms in total. The standard InChI is InChI=1S/C25H33N3O3/c1-5-9-21-12-22-24(26-13-21)31-23(16-27(4)15-20-10-7-6-8-11-20)18(2)14-28(25(22)30)19(3)17-29/h5-13,18-19,23,29H,14-17H2,1-4H3/b9-5+/t18-,19+,23+/m1/s1. The number of carbonyl (C=O) groups excluding carboxylic acids is 1. The molecule has 2 heterocycles. The Morgan fingerprint density at radius 2 is 2.10 bits per heavy atom. The van der Waals surface area contributed by atoms with E-state index in [1.807, 2.05) is 50.3 Å². The Bertz CT molecular complexity index is 900. The summed E-state index contributed by atoms with van der Waals surface area (Å²) in [6.07, 6.45) is 5.40. The molecule has 2 aromatic rings. The number of carbonyl (C=O) groups is 1. The number of hydrogen-bond donors (Lipinski definition) is 1. The number of aliphatic hydroxyl groups is 1. The maximum atomic E-state index is 13.3. The molecule has 1 aromatic heterocycles. The van der Waals surface area contributed by atoms with Crippen LogP contribution in [0.3, 0.4) is 0 Å². The Balaban J connectivity index is 1.89. The second kappa shape index (κ2) is 10.6. The molecule has 31 heavy (non-hydrogen) atoms. The average molecular weight is 424 g/mol. The Morgan fingerprint density at radius 1 is 1.35 bits per heavy atom. The summed E-state index contributed by atoms with van der Waals surface area (Å²) in [4.78, 5) is 21.8. The molecule has 0 spiro atoms. The highest BCUT2D eigenvalue weighted by atomic mass is 16.5. The summed E-state index contributed by atoms with van der Waals surface area (Å²) in [6.45, 7) is 7.81. The van der Waals surface area contributed by atoms with E-state index in [-0.39, 0.29) is 30.6 Å². The van der Waals surface area contributed by atoms with Crippen molar-refractivity contribution in [3.8, 4) is 5.88 Å². The van der Waals surface area contributed by atoms with Crippen LogP contribution in [-0.4, -0.2) is 64.7 Å². The molecule has 0 saturated heterocycles. The number of nitrogens with zero attached hydrogens (tertiary/aromatic N) is 3. The van der Waals surface area contributed by atoms with E-state index in [2.05, 4.69) is 36.0 Å². The van der Waals surface area contributed by atoms with Gasteiger partial charge in [0.05, 0.1) is 12.6 Å². The van der Waals surface area contributed by atoms with Crippen molar-refractivity contribution in [2.45, 2.75) is 39.5 Å². The number of aromatic nitrogens is 1. The Hall–Kier alpha value is -2.70. The van der Waals surface area contributed by atoms with E-state index in [1.165, 1.54) is 5.56 Å². The Morgan fingerprint density at radius 3 is 2.77 bits per heavy atom. The number of hydrogen-bond acceptors (Lipinski definition) is 5. The monoisotopic (exact) mass is 423 g/mol. The molecule has 0 unspecified atom stereocenters. The summed E-state index contributed by atoms with van der Waals surface area (Å²) in [5, 5.41) is 9.76. The van der Waals surface area contributed by atoms with Gasteiger partial charge in [-0.2, -0.15) is 0 Å². The molecule has 0 radical (unpaired) electrons. The number of likely N-dealkylation sites (N-methyl/N-ethyl adjacent to an activating group) is 1. The molecule has 1 aromatic carbocycles. The van der Waals surface area contributed by atoms with Crippen LogP contribution in [0.15, 0.2) is 48.7 Å². The third-order valence-corrected chi connectivity index (χ3v) is 5.69. The van der Waals surface area contributed by atoms with E-state index in [9.17, 15) is 9.90 Å². The SMILES string of the molecule is C/C=C/c1cnc2c(c1)C(=O)N([C@@H](C)CO)C[C@@H](C)[C@H](CN(C)Cc1ccccc1)O2. The van der Waals surface area contributed by atoms with E-state index < -0.39 is 0 Å². The van der Waals surface area contributed by atoms with Crippen molar-refractivity contribution < 1.29 is 14.6 Å². The number of ether oxygens (including phenoxy) is 1. The van der Waals surface area contributed by atoms with Crippen LogP contribution in [0.4, 0.5) is 0 Å². The van der Waals surface area contributed by atoms with Gasteiger partial charge in [0.2, 0.25) is 5.88 Å². The van der Waals surface area contributed by atoms with Gasteiger partial charge >= 0.3 is 0 Å². The number of benzene rings is 1. The Kier molecular flexibility index (Phi) is 7.82. The first-order chi connectivity index (χ1) is 14.9. The van der Waals surface area contributed by atoms with Gasteiger partial charge < -0.3 is 14.7 Å². The average Bonchev–Trinajstić information content (AvgIpc) is 2.77. The highest BCUT2D eigenvalue weighted by molar-refractivity contribution is 5.97. The normalized spacial score (nSPS) is 20.3. The fourth-order valence-electron chi connectivity index (χ4n) is 3.89. The molecule has 1 amide bonds. The summed E-state index contributed by atoms with van der Waals surface area (Å²) in [6, 6.07) is 11.9. The van der Waals surface area contributed by atoms with Crippen molar-refractivity contribution in [1.82, 2.24) is 14.8 Å². The molecule has 1 N–H and O–H groups in total. The summed E-state index contributed by atoms with van der Waals surface area (Å²) >= 11 is 0. The maximum absolute atomic E-state index is 13.3. The predicted molar refractivity (Wildman–Crippen MR) is 123 cm³/mol. The highest BCUT2D eigenvalue weighted by Gasteiger charge is 2.34. The number of amides is 1. The topological polar surface area (TPSA) is 65.9 Å². The molecule has 0 aliphatic carbocycles. The molecule has 3 rings (SSSR count). The number of allylic oxidation sites excluding steroid dienone is 1. The van der Waals surface area contributed by atoms with Gasteiger partial charge in [0.1, 0.15) is 11.7 Å². The highest BCUT2D eigenvalue weighted by Crippen LogP contribution is 2.27. The fraction of sp³-hybridized carbons (Fsp3) is 0.440.